The van der Waals surface area contributed by atoms with E-state index in [1.807, 2.05) is 20.8 Å². The number of aromatic nitrogens is 1. The molecule has 7 heteroatoms. The van der Waals surface area contributed by atoms with E-state index < -0.39 is 0 Å². The van der Waals surface area contributed by atoms with E-state index in [-0.39, 0.29) is 12.5 Å². The summed E-state index contributed by atoms with van der Waals surface area (Å²) in [6, 6.07) is 0. The molecule has 0 saturated carbocycles. The summed E-state index contributed by atoms with van der Waals surface area (Å²) in [7, 11) is 0. The van der Waals surface area contributed by atoms with Crippen molar-refractivity contribution >= 4 is 23.2 Å². The van der Waals surface area contributed by atoms with Crippen LogP contribution in [0.1, 0.15) is 31.0 Å². The molecule has 1 amide bonds. The summed E-state index contributed by atoms with van der Waals surface area (Å²) < 4.78 is 0. The second-order valence-corrected chi connectivity index (χ2v) is 5.64. The van der Waals surface area contributed by atoms with E-state index in [2.05, 4.69) is 31.3 Å². The van der Waals surface area contributed by atoms with Gasteiger partial charge in [0.15, 0.2) is 5.96 Å². The zero-order valence-corrected chi connectivity index (χ0v) is 13.8. The lowest BCUT2D eigenvalue weighted by molar-refractivity contribution is -0.119. The number of thiazole rings is 1. The number of amides is 1. The van der Waals surface area contributed by atoms with Gasteiger partial charge in [-0.1, -0.05) is 6.92 Å². The summed E-state index contributed by atoms with van der Waals surface area (Å²) in [4.78, 5) is 20.2. The number of nitrogens with zero attached hydrogens (tertiary/aromatic N) is 2. The van der Waals surface area contributed by atoms with E-state index in [0.29, 0.717) is 12.5 Å². The van der Waals surface area contributed by atoms with Crippen molar-refractivity contribution in [2.24, 2.45) is 4.99 Å². The van der Waals surface area contributed by atoms with Crippen molar-refractivity contribution in [3.8, 4) is 0 Å². The monoisotopic (exact) mass is 311 g/mol. The predicted molar refractivity (Wildman–Crippen MR) is 87.8 cm³/mol. The number of aryl methyl sites for hydroxylation is 1. The Bertz CT molecular complexity index is 458. The van der Waals surface area contributed by atoms with Crippen molar-refractivity contribution in [1.29, 1.82) is 0 Å². The predicted octanol–water partition coefficient (Wildman–Crippen LogP) is 1.08. The maximum atomic E-state index is 11.5. The summed E-state index contributed by atoms with van der Waals surface area (Å²) in [6.45, 7) is 8.37. The van der Waals surface area contributed by atoms with Crippen LogP contribution >= 0.6 is 11.3 Å². The van der Waals surface area contributed by atoms with Crippen LogP contribution in [0.4, 0.5) is 0 Å². The summed E-state index contributed by atoms with van der Waals surface area (Å²) in [6.07, 6.45) is 1.78. The first kappa shape index (κ1) is 17.4. The largest absolute Gasteiger partial charge is 0.357 e. The van der Waals surface area contributed by atoms with Gasteiger partial charge in [0.1, 0.15) is 6.54 Å². The smallest absolute Gasteiger partial charge is 0.241 e. The molecule has 0 bridgehead atoms. The molecule has 1 heterocycles. The fraction of sp³-hybridized carbons (Fsp3) is 0.643. The molecule has 0 spiro atoms. The highest BCUT2D eigenvalue weighted by atomic mass is 32.1. The van der Waals surface area contributed by atoms with Gasteiger partial charge in [0.2, 0.25) is 5.91 Å². The second-order valence-electron chi connectivity index (χ2n) is 4.58. The van der Waals surface area contributed by atoms with Crippen LogP contribution < -0.4 is 16.0 Å². The van der Waals surface area contributed by atoms with E-state index >= 15 is 0 Å². The SMILES string of the molecule is CCCNC(=O)CN=C(NCC)NCCc1csc(C)n1. The third kappa shape index (κ3) is 7.65. The molecule has 0 unspecified atom stereocenters. The van der Waals surface area contributed by atoms with Crippen molar-refractivity contribution < 1.29 is 4.79 Å². The molecule has 0 saturated heterocycles. The van der Waals surface area contributed by atoms with Gasteiger partial charge in [-0.25, -0.2) is 9.98 Å². The van der Waals surface area contributed by atoms with Crippen LogP contribution in [0.5, 0.6) is 0 Å². The molecule has 0 aliphatic rings. The Kier molecular flexibility index (Phi) is 8.42. The topological polar surface area (TPSA) is 78.4 Å². The molecular formula is C14H25N5OS. The summed E-state index contributed by atoms with van der Waals surface area (Å²) in [5.41, 5.74) is 1.08. The average Bonchev–Trinajstić information content (AvgIpc) is 2.88. The molecule has 0 aromatic carbocycles. The minimum absolute atomic E-state index is 0.0517. The molecule has 0 aliphatic carbocycles. The van der Waals surface area contributed by atoms with Gasteiger partial charge in [-0.05, 0) is 20.3 Å². The number of carbonyl (C=O) groups is 1. The van der Waals surface area contributed by atoms with Gasteiger partial charge in [0, 0.05) is 31.4 Å². The normalized spacial score (nSPS) is 11.3. The van der Waals surface area contributed by atoms with Gasteiger partial charge < -0.3 is 16.0 Å². The maximum absolute atomic E-state index is 11.5. The van der Waals surface area contributed by atoms with Gasteiger partial charge >= 0.3 is 0 Å². The molecule has 1 aromatic rings. The summed E-state index contributed by atoms with van der Waals surface area (Å²) in [5.74, 6) is 0.611. The van der Waals surface area contributed by atoms with Gasteiger partial charge in [0.05, 0.1) is 10.7 Å². The van der Waals surface area contributed by atoms with Crippen LogP contribution in [0.15, 0.2) is 10.4 Å². The fourth-order valence-electron chi connectivity index (χ4n) is 1.64. The van der Waals surface area contributed by atoms with Crippen molar-refractivity contribution in [3.05, 3.63) is 16.1 Å². The first-order valence-corrected chi connectivity index (χ1v) is 8.23. The number of hydrogen-bond donors (Lipinski definition) is 3. The van der Waals surface area contributed by atoms with Crippen LogP contribution in [0.3, 0.4) is 0 Å². The Hall–Kier alpha value is -1.63. The van der Waals surface area contributed by atoms with Crippen LogP contribution in [0.25, 0.3) is 0 Å². The highest BCUT2D eigenvalue weighted by Gasteiger charge is 2.02. The lowest BCUT2D eigenvalue weighted by atomic mass is 10.3. The minimum atomic E-state index is -0.0517. The van der Waals surface area contributed by atoms with E-state index in [1.165, 1.54) is 0 Å². The van der Waals surface area contributed by atoms with Gasteiger partial charge in [-0.15, -0.1) is 11.3 Å². The van der Waals surface area contributed by atoms with Crippen LogP contribution in [0.2, 0.25) is 0 Å². The highest BCUT2D eigenvalue weighted by Crippen LogP contribution is 2.07. The van der Waals surface area contributed by atoms with Crippen LogP contribution in [-0.4, -0.2) is 43.0 Å². The highest BCUT2D eigenvalue weighted by molar-refractivity contribution is 7.09. The lowest BCUT2D eigenvalue weighted by Crippen LogP contribution is -2.39. The second kappa shape index (κ2) is 10.1. The molecule has 1 rings (SSSR count). The molecule has 6 nitrogen and oxygen atoms in total. The van der Waals surface area contributed by atoms with Gasteiger partial charge in [-0.2, -0.15) is 0 Å². The molecule has 3 N–H and O–H groups in total. The molecule has 0 fully saturated rings. The van der Waals surface area contributed by atoms with Gasteiger partial charge in [0.25, 0.3) is 0 Å². The Labute approximate surface area is 130 Å². The maximum Gasteiger partial charge on any atom is 0.241 e. The summed E-state index contributed by atoms with van der Waals surface area (Å²) >= 11 is 1.66. The van der Waals surface area contributed by atoms with E-state index in [4.69, 9.17) is 0 Å². The van der Waals surface area contributed by atoms with Crippen molar-refractivity contribution in [3.63, 3.8) is 0 Å². The molecule has 0 aliphatic heterocycles. The van der Waals surface area contributed by atoms with Crippen molar-refractivity contribution in [2.75, 3.05) is 26.2 Å². The van der Waals surface area contributed by atoms with E-state index in [0.717, 1.165) is 36.6 Å². The summed E-state index contributed by atoms with van der Waals surface area (Å²) in [5, 5.41) is 12.3. The Morgan fingerprint density at radius 3 is 2.71 bits per heavy atom. The van der Waals surface area contributed by atoms with E-state index in [1.54, 1.807) is 11.3 Å². The molecule has 21 heavy (non-hydrogen) atoms. The number of aliphatic imine (C=N–C) groups is 1. The molecule has 0 radical (unpaired) electrons. The minimum Gasteiger partial charge on any atom is -0.357 e. The average molecular weight is 311 g/mol. The number of nitrogens with one attached hydrogen (secondary N) is 3. The van der Waals surface area contributed by atoms with Crippen molar-refractivity contribution in [1.82, 2.24) is 20.9 Å². The Balaban J connectivity index is 2.35. The molecule has 1 aromatic heterocycles. The van der Waals surface area contributed by atoms with Crippen LogP contribution in [0, 0.1) is 6.92 Å². The number of hydrogen-bond acceptors (Lipinski definition) is 4. The quantitative estimate of drug-likeness (QED) is 0.496. The first-order chi connectivity index (χ1) is 10.2. The van der Waals surface area contributed by atoms with Crippen molar-refractivity contribution in [2.45, 2.75) is 33.6 Å². The molecule has 118 valence electrons. The molecule has 0 atom stereocenters. The fourth-order valence-corrected chi connectivity index (χ4v) is 2.29. The van der Waals surface area contributed by atoms with Gasteiger partial charge in [-0.3, -0.25) is 4.79 Å². The lowest BCUT2D eigenvalue weighted by Gasteiger charge is -2.10. The third-order valence-corrected chi connectivity index (χ3v) is 3.46. The van der Waals surface area contributed by atoms with Crippen LogP contribution in [-0.2, 0) is 11.2 Å². The number of carbonyl (C=O) groups excluding carboxylic acids is 1. The Morgan fingerprint density at radius 1 is 1.29 bits per heavy atom. The first-order valence-electron chi connectivity index (χ1n) is 7.35. The number of guanidine groups is 1. The van der Waals surface area contributed by atoms with E-state index in [9.17, 15) is 4.79 Å². The third-order valence-electron chi connectivity index (χ3n) is 2.64. The standard InChI is InChI=1S/C14H25N5OS/c1-4-7-16-13(20)9-18-14(15-5-2)17-8-6-12-10-21-11(3)19-12/h10H,4-9H2,1-3H3,(H,16,20)(H2,15,17,18). The number of rotatable bonds is 8. The molecular weight excluding hydrogens is 286 g/mol. The zero-order chi connectivity index (χ0) is 15.5. The zero-order valence-electron chi connectivity index (χ0n) is 13.0. The Morgan fingerprint density at radius 2 is 2.10 bits per heavy atom.